The zero-order valence-corrected chi connectivity index (χ0v) is 20.8. The maximum absolute atomic E-state index is 13.0. The number of hydrogen-bond acceptors (Lipinski definition) is 8. The minimum atomic E-state index is -0.936. The number of amides is 1. The summed E-state index contributed by atoms with van der Waals surface area (Å²) in [5, 5.41) is 13.4. The lowest BCUT2D eigenvalue weighted by Crippen LogP contribution is -2.46. The maximum atomic E-state index is 13.0. The van der Waals surface area contributed by atoms with Gasteiger partial charge in [0.15, 0.2) is 23.3 Å². The van der Waals surface area contributed by atoms with Crippen LogP contribution in [0, 0.1) is 0 Å². The Morgan fingerprint density at radius 3 is 2.83 bits per heavy atom. The summed E-state index contributed by atoms with van der Waals surface area (Å²) in [4.78, 5) is 29.7. The molecule has 1 fully saturated rings. The van der Waals surface area contributed by atoms with Crippen LogP contribution in [0.5, 0.6) is 17.2 Å². The van der Waals surface area contributed by atoms with E-state index in [0.29, 0.717) is 36.6 Å². The second-order valence-electron chi connectivity index (χ2n) is 8.26. The number of aromatic hydroxyl groups is 1. The Morgan fingerprint density at radius 2 is 2.11 bits per heavy atom. The van der Waals surface area contributed by atoms with Gasteiger partial charge in [0.1, 0.15) is 17.9 Å². The number of methoxy groups -OCH3 is 1. The second-order valence-corrected chi connectivity index (χ2v) is 8.69. The third-order valence-electron chi connectivity index (χ3n) is 5.63. The molecule has 35 heavy (non-hydrogen) atoms. The number of nitrogens with one attached hydrogen (secondary N) is 1. The predicted octanol–water partition coefficient (Wildman–Crippen LogP) is 3.91. The first-order chi connectivity index (χ1) is 16.8. The van der Waals surface area contributed by atoms with E-state index >= 15 is 0 Å². The van der Waals surface area contributed by atoms with Gasteiger partial charge < -0.3 is 29.4 Å². The summed E-state index contributed by atoms with van der Waals surface area (Å²) in [5.41, 5.74) is -0.239. The lowest BCUT2D eigenvalue weighted by Gasteiger charge is -2.31. The average molecular weight is 507 g/mol. The summed E-state index contributed by atoms with van der Waals surface area (Å²) in [7, 11) is 1.37. The summed E-state index contributed by atoms with van der Waals surface area (Å²) < 4.78 is 23.0. The number of halogens is 1. The van der Waals surface area contributed by atoms with E-state index in [9.17, 15) is 14.7 Å². The first kappa shape index (κ1) is 26.6. The SMILES string of the molecule is CCCOC1CCCC(NC(=O)c2nccc(OC)c2O)C(=O)OC(C)C1Oc1cccc(Cl)c1. The van der Waals surface area contributed by atoms with Gasteiger partial charge in [-0.15, -0.1) is 0 Å². The Balaban J connectivity index is 1.78. The summed E-state index contributed by atoms with van der Waals surface area (Å²) in [5.74, 6) is -1.07. The van der Waals surface area contributed by atoms with Gasteiger partial charge in [-0.25, -0.2) is 9.78 Å². The Bertz CT molecular complexity index is 1020. The van der Waals surface area contributed by atoms with E-state index in [4.69, 9.17) is 30.5 Å². The molecule has 2 heterocycles. The van der Waals surface area contributed by atoms with Crippen LogP contribution in [-0.4, -0.2) is 60.0 Å². The van der Waals surface area contributed by atoms with Crippen LogP contribution in [0.15, 0.2) is 36.5 Å². The topological polar surface area (TPSA) is 116 Å². The van der Waals surface area contributed by atoms with Crippen molar-refractivity contribution in [3.63, 3.8) is 0 Å². The third kappa shape index (κ3) is 6.99. The zero-order valence-electron chi connectivity index (χ0n) is 20.0. The Labute approximate surface area is 209 Å². The molecule has 1 aliphatic rings. The Kier molecular flexibility index (Phi) is 9.56. The van der Waals surface area contributed by atoms with Crippen LogP contribution in [0.2, 0.25) is 5.02 Å². The number of ether oxygens (including phenoxy) is 4. The number of pyridine rings is 1. The maximum Gasteiger partial charge on any atom is 0.329 e. The van der Waals surface area contributed by atoms with Crippen molar-refractivity contribution in [2.45, 2.75) is 63.9 Å². The fourth-order valence-electron chi connectivity index (χ4n) is 3.88. The number of aromatic nitrogens is 1. The van der Waals surface area contributed by atoms with Crippen molar-refractivity contribution < 1.29 is 33.6 Å². The molecule has 0 saturated carbocycles. The molecule has 0 spiro atoms. The lowest BCUT2D eigenvalue weighted by atomic mass is 10.0. The van der Waals surface area contributed by atoms with Crippen molar-refractivity contribution in [2.75, 3.05) is 13.7 Å². The minimum Gasteiger partial charge on any atom is -0.503 e. The average Bonchev–Trinajstić information content (AvgIpc) is 2.88. The number of esters is 1. The van der Waals surface area contributed by atoms with Gasteiger partial charge in [0, 0.05) is 23.9 Å². The molecule has 190 valence electrons. The van der Waals surface area contributed by atoms with Gasteiger partial charge in [-0.2, -0.15) is 0 Å². The number of nitrogens with zero attached hydrogens (tertiary/aromatic N) is 1. The molecule has 9 nitrogen and oxygen atoms in total. The normalized spacial score (nSPS) is 22.8. The predicted molar refractivity (Wildman–Crippen MR) is 129 cm³/mol. The lowest BCUT2D eigenvalue weighted by molar-refractivity contribution is -0.159. The summed E-state index contributed by atoms with van der Waals surface area (Å²) in [6.45, 7) is 4.27. The smallest absolute Gasteiger partial charge is 0.329 e. The van der Waals surface area contributed by atoms with Crippen molar-refractivity contribution in [1.29, 1.82) is 0 Å². The summed E-state index contributed by atoms with van der Waals surface area (Å²) in [6, 6.07) is 7.48. The Hall–Kier alpha value is -3.04. The third-order valence-corrected chi connectivity index (χ3v) is 5.86. The van der Waals surface area contributed by atoms with Gasteiger partial charge in [-0.3, -0.25) is 4.79 Å². The van der Waals surface area contributed by atoms with Crippen LogP contribution in [0.4, 0.5) is 0 Å². The van der Waals surface area contributed by atoms with Gasteiger partial charge in [0.25, 0.3) is 5.91 Å². The van der Waals surface area contributed by atoms with Crippen molar-refractivity contribution in [3.05, 3.63) is 47.2 Å². The Morgan fingerprint density at radius 1 is 1.31 bits per heavy atom. The molecule has 4 unspecified atom stereocenters. The largest absolute Gasteiger partial charge is 0.503 e. The molecular weight excluding hydrogens is 476 g/mol. The number of rotatable bonds is 8. The van der Waals surface area contributed by atoms with Crippen molar-refractivity contribution in [1.82, 2.24) is 10.3 Å². The molecule has 0 radical (unpaired) electrons. The quantitative estimate of drug-likeness (QED) is 0.518. The number of carbonyl (C=O) groups excluding carboxylic acids is 2. The van der Waals surface area contributed by atoms with E-state index in [0.717, 1.165) is 6.42 Å². The van der Waals surface area contributed by atoms with E-state index in [1.165, 1.54) is 19.4 Å². The van der Waals surface area contributed by atoms with E-state index in [2.05, 4.69) is 10.3 Å². The van der Waals surface area contributed by atoms with Gasteiger partial charge in [-0.1, -0.05) is 24.6 Å². The van der Waals surface area contributed by atoms with Crippen LogP contribution in [-0.2, 0) is 14.3 Å². The highest BCUT2D eigenvalue weighted by Gasteiger charge is 2.36. The van der Waals surface area contributed by atoms with E-state index in [1.807, 2.05) is 6.92 Å². The van der Waals surface area contributed by atoms with E-state index < -0.39 is 35.9 Å². The second kappa shape index (κ2) is 12.6. The zero-order chi connectivity index (χ0) is 25.4. The van der Waals surface area contributed by atoms with Gasteiger partial charge in [0.05, 0.1) is 13.2 Å². The first-order valence-electron chi connectivity index (χ1n) is 11.6. The van der Waals surface area contributed by atoms with Gasteiger partial charge in [0.2, 0.25) is 0 Å². The molecule has 4 atom stereocenters. The van der Waals surface area contributed by atoms with Crippen LogP contribution in [0.25, 0.3) is 0 Å². The van der Waals surface area contributed by atoms with Crippen molar-refractivity contribution >= 4 is 23.5 Å². The number of cyclic esters (lactones) is 1. The van der Waals surface area contributed by atoms with E-state index in [-0.39, 0.29) is 17.5 Å². The van der Waals surface area contributed by atoms with E-state index in [1.54, 1.807) is 31.2 Å². The van der Waals surface area contributed by atoms with Crippen molar-refractivity contribution in [3.8, 4) is 17.2 Å². The van der Waals surface area contributed by atoms with Crippen LogP contribution in [0.1, 0.15) is 50.0 Å². The van der Waals surface area contributed by atoms with Crippen LogP contribution < -0.4 is 14.8 Å². The van der Waals surface area contributed by atoms with Crippen LogP contribution in [0.3, 0.4) is 0 Å². The molecule has 3 rings (SSSR count). The molecule has 0 aliphatic carbocycles. The first-order valence-corrected chi connectivity index (χ1v) is 12.0. The summed E-state index contributed by atoms with van der Waals surface area (Å²) in [6.07, 6.45) is 2.03. The molecule has 0 bridgehead atoms. The molecule has 1 aromatic carbocycles. The molecule has 10 heteroatoms. The van der Waals surface area contributed by atoms with Gasteiger partial charge >= 0.3 is 5.97 Å². The molecule has 1 saturated heterocycles. The molecule has 1 aliphatic heterocycles. The summed E-state index contributed by atoms with van der Waals surface area (Å²) >= 11 is 6.11. The van der Waals surface area contributed by atoms with Gasteiger partial charge in [-0.05, 0) is 50.8 Å². The molecule has 1 aromatic heterocycles. The monoisotopic (exact) mass is 506 g/mol. The number of carbonyl (C=O) groups is 2. The van der Waals surface area contributed by atoms with Crippen molar-refractivity contribution in [2.24, 2.45) is 0 Å². The number of hydrogen-bond donors (Lipinski definition) is 2. The van der Waals surface area contributed by atoms with Crippen LogP contribution >= 0.6 is 11.6 Å². The molecule has 1 amide bonds. The standard InChI is InChI=1S/C25H31ClN2O7/c1-4-13-33-20-10-6-9-18(28-24(30)21-22(29)19(32-3)11-12-27-21)25(31)34-15(2)23(20)35-17-8-5-7-16(26)14-17/h5,7-8,11-12,14-15,18,20,23,29H,4,6,9-10,13H2,1-3H3,(H,28,30). The molecule has 2 N–H and O–H groups in total. The fraction of sp³-hybridized carbons (Fsp3) is 0.480. The molecule has 2 aromatic rings. The highest BCUT2D eigenvalue weighted by Crippen LogP contribution is 2.28. The fourth-order valence-corrected chi connectivity index (χ4v) is 4.06. The highest BCUT2D eigenvalue weighted by molar-refractivity contribution is 6.30. The molecular formula is C25H31ClN2O7. The highest BCUT2D eigenvalue weighted by atomic mass is 35.5. The minimum absolute atomic E-state index is 0.104. The number of benzene rings is 1.